The maximum Gasteiger partial charge on any atom is 0.338 e. The van der Waals surface area contributed by atoms with Crippen molar-refractivity contribution in [3.8, 4) is 11.5 Å². The predicted octanol–water partition coefficient (Wildman–Crippen LogP) is 5.48. The zero-order valence-corrected chi connectivity index (χ0v) is 21.6. The molecule has 1 unspecified atom stereocenters. The zero-order chi connectivity index (χ0) is 24.9. The standard InChI is InChI=1S/C25H27ClN4O4S/c1-5-12-35-25-28-24-27-15(2)21(23(31)33-4)22(30(24)29-25)17-8-11-19(20(13-17)32-3)34-14-16-6-9-18(26)10-7-16/h6-11,13,22H,5,12,14H2,1-4H3,(H,27,28,29). The minimum Gasteiger partial charge on any atom is -0.493 e. The number of methoxy groups -OCH3 is 2. The summed E-state index contributed by atoms with van der Waals surface area (Å²) in [6.45, 7) is 4.29. The van der Waals surface area contributed by atoms with E-state index in [4.69, 9.17) is 25.8 Å². The highest BCUT2D eigenvalue weighted by Gasteiger charge is 2.35. The van der Waals surface area contributed by atoms with Crippen molar-refractivity contribution in [3.05, 3.63) is 69.9 Å². The highest BCUT2D eigenvalue weighted by atomic mass is 35.5. The molecule has 35 heavy (non-hydrogen) atoms. The summed E-state index contributed by atoms with van der Waals surface area (Å²) >= 11 is 7.54. The van der Waals surface area contributed by atoms with Crippen LogP contribution in [0.4, 0.5) is 5.95 Å². The second kappa shape index (κ2) is 11.0. The van der Waals surface area contributed by atoms with E-state index in [2.05, 4.69) is 22.3 Å². The Morgan fingerprint density at radius 2 is 1.94 bits per heavy atom. The molecule has 1 aliphatic heterocycles. The Kier molecular flexibility index (Phi) is 7.87. The van der Waals surface area contributed by atoms with Gasteiger partial charge in [-0.2, -0.15) is 4.98 Å². The van der Waals surface area contributed by atoms with Crippen LogP contribution in [-0.4, -0.2) is 40.7 Å². The first kappa shape index (κ1) is 24.9. The predicted molar refractivity (Wildman–Crippen MR) is 136 cm³/mol. The number of hydrogen-bond acceptors (Lipinski definition) is 8. The van der Waals surface area contributed by atoms with Crippen molar-refractivity contribution >= 4 is 35.3 Å². The number of ether oxygens (including phenoxy) is 3. The number of halogens is 1. The highest BCUT2D eigenvalue weighted by molar-refractivity contribution is 7.99. The number of carbonyl (C=O) groups excluding carboxylic acids is 1. The van der Waals surface area contributed by atoms with Crippen LogP contribution in [0.15, 0.2) is 58.9 Å². The second-order valence-electron chi connectivity index (χ2n) is 7.89. The molecular weight excluding hydrogens is 488 g/mol. The maximum absolute atomic E-state index is 12.8. The average Bonchev–Trinajstić information content (AvgIpc) is 3.28. The molecule has 1 aromatic heterocycles. The average molecular weight is 515 g/mol. The zero-order valence-electron chi connectivity index (χ0n) is 20.0. The van der Waals surface area contributed by atoms with E-state index in [1.807, 2.05) is 49.4 Å². The first-order chi connectivity index (χ1) is 16.9. The largest absolute Gasteiger partial charge is 0.493 e. The van der Waals surface area contributed by atoms with Gasteiger partial charge in [-0.3, -0.25) is 0 Å². The van der Waals surface area contributed by atoms with Gasteiger partial charge < -0.3 is 19.5 Å². The SMILES string of the molecule is CCCSc1nc2n(n1)C(c1ccc(OCc3ccc(Cl)cc3)c(OC)c1)C(C(=O)OC)=C(C)N2. The fourth-order valence-electron chi connectivity index (χ4n) is 3.78. The molecule has 3 aromatic rings. The van der Waals surface area contributed by atoms with Crippen molar-refractivity contribution in [1.82, 2.24) is 14.8 Å². The number of esters is 1. The van der Waals surface area contributed by atoms with E-state index in [-0.39, 0.29) is 0 Å². The number of hydrogen-bond donors (Lipinski definition) is 1. The minimum atomic E-state index is -0.540. The first-order valence-electron chi connectivity index (χ1n) is 11.2. The Bertz CT molecular complexity index is 1240. The summed E-state index contributed by atoms with van der Waals surface area (Å²) in [5.41, 5.74) is 2.89. The van der Waals surface area contributed by atoms with Gasteiger partial charge in [-0.1, -0.05) is 48.5 Å². The molecule has 0 amide bonds. The number of anilines is 1. The molecule has 10 heteroatoms. The molecule has 0 aliphatic carbocycles. The van der Waals surface area contributed by atoms with E-state index in [0.29, 0.717) is 45.5 Å². The molecule has 0 radical (unpaired) electrons. The number of nitrogens with one attached hydrogen (secondary N) is 1. The van der Waals surface area contributed by atoms with Crippen LogP contribution in [0, 0.1) is 0 Å². The number of carbonyl (C=O) groups is 1. The first-order valence-corrected chi connectivity index (χ1v) is 12.5. The van der Waals surface area contributed by atoms with Crippen LogP contribution in [0.1, 0.15) is 37.4 Å². The molecule has 0 spiro atoms. The Morgan fingerprint density at radius 1 is 1.17 bits per heavy atom. The van der Waals surface area contributed by atoms with Crippen LogP contribution in [0.25, 0.3) is 0 Å². The monoisotopic (exact) mass is 514 g/mol. The van der Waals surface area contributed by atoms with Gasteiger partial charge in [-0.25, -0.2) is 9.48 Å². The second-order valence-corrected chi connectivity index (χ2v) is 9.39. The topological polar surface area (TPSA) is 87.5 Å². The van der Waals surface area contributed by atoms with Crippen molar-refractivity contribution in [3.63, 3.8) is 0 Å². The van der Waals surface area contributed by atoms with Gasteiger partial charge in [0.15, 0.2) is 11.5 Å². The van der Waals surface area contributed by atoms with Crippen molar-refractivity contribution in [2.24, 2.45) is 0 Å². The van der Waals surface area contributed by atoms with Crippen molar-refractivity contribution in [1.29, 1.82) is 0 Å². The maximum atomic E-state index is 12.8. The van der Waals surface area contributed by atoms with Crippen LogP contribution < -0.4 is 14.8 Å². The Balaban J connectivity index is 1.69. The van der Waals surface area contributed by atoms with Gasteiger partial charge in [-0.15, -0.1) is 5.10 Å². The van der Waals surface area contributed by atoms with E-state index in [9.17, 15) is 4.79 Å². The molecule has 4 rings (SSSR count). The lowest BCUT2D eigenvalue weighted by Gasteiger charge is -2.28. The van der Waals surface area contributed by atoms with E-state index in [1.165, 1.54) is 7.11 Å². The summed E-state index contributed by atoms with van der Waals surface area (Å²) in [4.78, 5) is 17.4. The van der Waals surface area contributed by atoms with E-state index < -0.39 is 12.0 Å². The van der Waals surface area contributed by atoms with Crippen LogP contribution in [-0.2, 0) is 16.1 Å². The number of thioether (sulfide) groups is 1. The van der Waals surface area contributed by atoms with Crippen molar-refractivity contribution in [2.75, 3.05) is 25.3 Å². The van der Waals surface area contributed by atoms with Crippen LogP contribution in [0.3, 0.4) is 0 Å². The van der Waals surface area contributed by atoms with Crippen LogP contribution in [0.5, 0.6) is 11.5 Å². The molecule has 8 nitrogen and oxygen atoms in total. The summed E-state index contributed by atoms with van der Waals surface area (Å²) in [5.74, 6) is 2.15. The summed E-state index contributed by atoms with van der Waals surface area (Å²) in [7, 11) is 2.95. The molecular formula is C25H27ClN4O4S. The van der Waals surface area contributed by atoms with Gasteiger partial charge in [0.05, 0.1) is 19.8 Å². The van der Waals surface area contributed by atoms with Gasteiger partial charge in [0.1, 0.15) is 12.6 Å². The summed E-state index contributed by atoms with van der Waals surface area (Å²) < 4.78 is 18.5. The lowest BCUT2D eigenvalue weighted by Crippen LogP contribution is -2.29. The normalized spacial score (nSPS) is 14.8. The Morgan fingerprint density at radius 3 is 2.63 bits per heavy atom. The van der Waals surface area contributed by atoms with Gasteiger partial charge in [0.2, 0.25) is 11.1 Å². The fourth-order valence-corrected chi connectivity index (χ4v) is 4.59. The van der Waals surface area contributed by atoms with Crippen LogP contribution in [0.2, 0.25) is 5.02 Å². The Hall–Kier alpha value is -3.17. The molecule has 1 atom stereocenters. The molecule has 0 saturated heterocycles. The molecule has 0 fully saturated rings. The molecule has 0 saturated carbocycles. The third kappa shape index (κ3) is 5.41. The van der Waals surface area contributed by atoms with Crippen molar-refractivity contribution in [2.45, 2.75) is 38.1 Å². The molecule has 184 valence electrons. The smallest absolute Gasteiger partial charge is 0.338 e. The number of nitrogens with zero attached hydrogens (tertiary/aromatic N) is 3. The lowest BCUT2D eigenvalue weighted by atomic mass is 9.95. The van der Waals surface area contributed by atoms with Crippen LogP contribution >= 0.6 is 23.4 Å². The molecule has 1 aliphatic rings. The minimum absolute atomic E-state index is 0.359. The van der Waals surface area contributed by atoms with Gasteiger partial charge >= 0.3 is 5.97 Å². The summed E-state index contributed by atoms with van der Waals surface area (Å²) in [6.07, 6.45) is 1.00. The molecule has 2 heterocycles. The Labute approximate surface area is 213 Å². The van der Waals surface area contributed by atoms with E-state index >= 15 is 0 Å². The third-order valence-corrected chi connectivity index (χ3v) is 6.78. The number of aromatic nitrogens is 3. The number of benzene rings is 2. The lowest BCUT2D eigenvalue weighted by molar-refractivity contribution is -0.136. The molecule has 0 bridgehead atoms. The summed E-state index contributed by atoms with van der Waals surface area (Å²) in [5, 5.41) is 9.20. The quantitative estimate of drug-likeness (QED) is 0.296. The number of allylic oxidation sites excluding steroid dienone is 1. The van der Waals surface area contributed by atoms with Gasteiger partial charge in [-0.05, 0) is 48.7 Å². The highest BCUT2D eigenvalue weighted by Crippen LogP contribution is 2.40. The summed E-state index contributed by atoms with van der Waals surface area (Å²) in [6, 6.07) is 12.5. The molecule has 2 aromatic carbocycles. The van der Waals surface area contributed by atoms with Gasteiger partial charge in [0, 0.05) is 16.5 Å². The van der Waals surface area contributed by atoms with E-state index in [0.717, 1.165) is 23.3 Å². The third-order valence-electron chi connectivity index (χ3n) is 5.48. The van der Waals surface area contributed by atoms with E-state index in [1.54, 1.807) is 23.6 Å². The van der Waals surface area contributed by atoms with Gasteiger partial charge in [0.25, 0.3) is 0 Å². The van der Waals surface area contributed by atoms with Crippen molar-refractivity contribution < 1.29 is 19.0 Å². The fraction of sp³-hybridized carbons (Fsp3) is 0.320. The number of fused-ring (bicyclic) bond motifs is 1. The molecule has 1 N–H and O–H groups in total. The number of rotatable bonds is 9.